The van der Waals surface area contributed by atoms with Crippen LogP contribution in [0.4, 0.5) is 11.4 Å². The molecule has 2 fully saturated rings. The molecule has 23 heteroatoms. The summed E-state index contributed by atoms with van der Waals surface area (Å²) >= 11 is 4.29. The van der Waals surface area contributed by atoms with E-state index in [1.807, 2.05) is 0 Å². The predicted molar refractivity (Wildman–Crippen MR) is 204 cm³/mol. The second-order valence-corrected chi connectivity index (χ2v) is 20.7. The van der Waals surface area contributed by atoms with Crippen LogP contribution in [0.15, 0.2) is 48.6 Å². The number of ether oxygens (including phenoxy) is 4. The van der Waals surface area contributed by atoms with Crippen LogP contribution in [0.3, 0.4) is 0 Å². The monoisotopic (exact) mass is 886 g/mol. The Kier molecular flexibility index (Phi) is 15.7. The fraction of sp³-hybridized carbons (Fsp3) is 0.471. The third kappa shape index (κ3) is 10.2. The number of amides is 2. The van der Waals surface area contributed by atoms with Gasteiger partial charge in [0, 0.05) is 43.7 Å². The first kappa shape index (κ1) is 47.7. The molecule has 17 nitrogen and oxygen atoms in total. The van der Waals surface area contributed by atoms with Crippen molar-refractivity contribution in [3.8, 4) is 23.0 Å². The van der Waals surface area contributed by atoms with E-state index in [0.717, 1.165) is 0 Å². The quantitative estimate of drug-likeness (QED) is 0.0552. The molecule has 4 aliphatic heterocycles. The second kappa shape index (κ2) is 18.8. The number of carbonyl (C=O) groups excluding carboxylic acids is 2. The van der Waals surface area contributed by atoms with Crippen LogP contribution in [0, 0.1) is 0 Å². The van der Waals surface area contributed by atoms with Gasteiger partial charge in [0.05, 0.1) is 69.2 Å². The maximum Gasteiger partial charge on any atom is 1.00 e. The van der Waals surface area contributed by atoms with Crippen molar-refractivity contribution in [2.45, 2.75) is 35.7 Å². The van der Waals surface area contributed by atoms with Gasteiger partial charge in [0.2, 0.25) is 0 Å². The molecule has 6 rings (SSSR count). The van der Waals surface area contributed by atoms with Crippen molar-refractivity contribution in [2.24, 2.45) is 0 Å². The molecule has 4 aliphatic rings. The Morgan fingerprint density at radius 2 is 1.12 bits per heavy atom. The van der Waals surface area contributed by atoms with Gasteiger partial charge >= 0.3 is 59.1 Å². The molecule has 0 aliphatic carbocycles. The number of nitrogens with one attached hydrogen (secondary N) is 2. The van der Waals surface area contributed by atoms with E-state index in [1.54, 1.807) is 0 Å². The average Bonchev–Trinajstić information content (AvgIpc) is 3.63. The Morgan fingerprint density at radius 1 is 0.737 bits per heavy atom. The number of anilines is 2. The number of hydrogen-bond donors (Lipinski definition) is 3. The molecule has 0 unspecified atom stereocenters. The van der Waals surface area contributed by atoms with Crippen LogP contribution in [-0.2, 0) is 24.8 Å². The van der Waals surface area contributed by atoms with Crippen molar-refractivity contribution < 1.29 is 118 Å². The molecule has 0 radical (unpaired) electrons. The van der Waals surface area contributed by atoms with Crippen molar-refractivity contribution >= 4 is 63.2 Å². The average molecular weight is 887 g/mol. The van der Waals surface area contributed by atoms with Crippen LogP contribution in [-0.4, -0.2) is 135 Å². The van der Waals surface area contributed by atoms with Crippen molar-refractivity contribution in [1.82, 2.24) is 9.80 Å². The molecular weight excluding hydrogens is 846 g/mol. The Labute approximate surface area is 381 Å². The minimum Gasteiger partial charge on any atom is -0.746 e. The van der Waals surface area contributed by atoms with Crippen molar-refractivity contribution in [3.63, 3.8) is 0 Å². The zero-order valence-electron chi connectivity index (χ0n) is 32.0. The van der Waals surface area contributed by atoms with Crippen molar-refractivity contribution in [3.05, 3.63) is 59.7 Å². The van der Waals surface area contributed by atoms with E-state index in [-0.39, 0.29) is 168 Å². The number of methoxy groups -OCH3 is 2. The Balaban J connectivity index is 0.00000360. The molecule has 2 aromatic rings. The van der Waals surface area contributed by atoms with Gasteiger partial charge in [-0.3, -0.25) is 9.59 Å². The predicted octanol–water partition coefficient (Wildman–Crippen LogP) is -3.40. The van der Waals surface area contributed by atoms with Crippen LogP contribution >= 0.6 is 19.8 Å². The first-order chi connectivity index (χ1) is 25.9. The maximum absolute atomic E-state index is 14.1. The number of benzene rings is 2. The molecule has 4 heterocycles. The van der Waals surface area contributed by atoms with Gasteiger partial charge in [-0.05, 0) is 30.7 Å². The van der Waals surface area contributed by atoms with Gasteiger partial charge in [0.15, 0.2) is 23.0 Å². The summed E-state index contributed by atoms with van der Waals surface area (Å²) in [7, 11) is -10.1. The maximum atomic E-state index is 14.1. The molecule has 57 heavy (non-hydrogen) atoms. The second-order valence-electron chi connectivity index (χ2n) is 13.8. The van der Waals surface area contributed by atoms with Gasteiger partial charge in [-0.1, -0.05) is 24.3 Å². The molecule has 300 valence electrons. The van der Waals surface area contributed by atoms with Gasteiger partial charge in [-0.15, -0.1) is 0 Å². The van der Waals surface area contributed by atoms with Crippen LogP contribution in [0.1, 0.15) is 33.6 Å². The minimum absolute atomic E-state index is 0. The van der Waals surface area contributed by atoms with E-state index >= 15 is 0 Å². The third-order valence-corrected chi connectivity index (χ3v) is 15.8. The van der Waals surface area contributed by atoms with Gasteiger partial charge in [0.1, 0.15) is 31.0 Å². The number of rotatable bonds is 14. The Hall–Kier alpha value is -1.94. The standard InChI is InChI=1S/C34H43N4O13PS3.2Na/c1-19-11-25-31(54(42,43)44)35-23-15-29(27(48-3)13-21(23)33(39)37(25)17-19)50-5-7-52(41,9-10-53)8-6-51-30-16-24-22(14-28(30)49-4)34(40)38-18-20(2)12-26(38)32(36-24)55(45,46)47;;/h13-16,25-26,31-32,35-36,53H,1-2,5-12,17-18H2,3-4H3,(H,42,43,44)(H,45,46,47);;/q;2*+1/p-2/t25-,26-,31-,32-;;/m0../s1. The summed E-state index contributed by atoms with van der Waals surface area (Å²) < 4.78 is 111. The fourth-order valence-electron chi connectivity index (χ4n) is 7.40. The van der Waals surface area contributed by atoms with E-state index in [1.165, 1.54) is 48.3 Å². The van der Waals surface area contributed by atoms with Crippen LogP contribution < -0.4 is 88.7 Å². The molecular formula is C34H41N4Na2O13PS3. The summed E-state index contributed by atoms with van der Waals surface area (Å²) in [5.74, 6) is -0.193. The van der Waals surface area contributed by atoms with E-state index in [9.17, 15) is 40.1 Å². The molecule has 0 spiro atoms. The minimum atomic E-state index is -4.91. The first-order valence-corrected chi connectivity index (χ1v) is 23.0. The molecule has 2 amide bonds. The number of nitrogens with zero attached hydrogens (tertiary/aromatic N) is 2. The van der Waals surface area contributed by atoms with E-state index in [0.29, 0.717) is 11.1 Å². The third-order valence-electron chi connectivity index (χ3n) is 10.1. The van der Waals surface area contributed by atoms with Gasteiger partial charge < -0.3 is 53.1 Å². The Morgan fingerprint density at radius 3 is 1.46 bits per heavy atom. The molecule has 2 N–H and O–H groups in total. The Bertz CT molecular complexity index is 2070. The van der Waals surface area contributed by atoms with Gasteiger partial charge in [0.25, 0.3) is 11.8 Å². The zero-order chi connectivity index (χ0) is 40.0. The number of thiol groups is 1. The first-order valence-electron chi connectivity index (χ1n) is 17.1. The van der Waals surface area contributed by atoms with E-state index in [4.69, 9.17) is 18.9 Å². The molecule has 4 atom stereocenters. The van der Waals surface area contributed by atoms with E-state index in [2.05, 4.69) is 36.4 Å². The summed E-state index contributed by atoms with van der Waals surface area (Å²) in [5, 5.41) is 2.20. The fourth-order valence-corrected chi connectivity index (χ4v) is 12.2. The number of fused-ring (bicyclic) bond motifs is 4. The summed E-state index contributed by atoms with van der Waals surface area (Å²) in [6, 6.07) is 3.64. The summed E-state index contributed by atoms with van der Waals surface area (Å²) in [6.07, 6.45) is 0.613. The summed E-state index contributed by atoms with van der Waals surface area (Å²) in [4.78, 5) is 29.6. The van der Waals surface area contributed by atoms with Gasteiger partial charge in [-0.25, -0.2) is 16.8 Å². The molecule has 2 saturated heterocycles. The largest absolute Gasteiger partial charge is 1.00 e. The molecule has 0 aromatic heterocycles. The van der Waals surface area contributed by atoms with Gasteiger partial charge in [-0.2, -0.15) is 12.6 Å². The van der Waals surface area contributed by atoms with E-state index < -0.39 is 62.0 Å². The smallest absolute Gasteiger partial charge is 0.746 e. The summed E-state index contributed by atoms with van der Waals surface area (Å²) in [5.41, 5.74) is 1.52. The molecule has 2 aromatic carbocycles. The van der Waals surface area contributed by atoms with Crippen molar-refractivity contribution in [2.75, 3.05) is 75.4 Å². The van der Waals surface area contributed by atoms with Crippen LogP contribution in [0.25, 0.3) is 0 Å². The summed E-state index contributed by atoms with van der Waals surface area (Å²) in [6.45, 7) is 7.75. The number of carbonyl (C=O) groups is 2. The molecule has 0 saturated carbocycles. The van der Waals surface area contributed by atoms with Crippen LogP contribution in [0.5, 0.6) is 23.0 Å². The zero-order valence-corrected chi connectivity index (χ0v) is 39.4. The number of hydrogen-bond acceptors (Lipinski definition) is 16. The van der Waals surface area contributed by atoms with Crippen molar-refractivity contribution in [1.29, 1.82) is 0 Å². The molecule has 0 bridgehead atoms. The normalized spacial score (nSPS) is 21.6. The SMILES string of the molecule is C=C1C[C@H]2[C@H](S(=O)(=O)[O-])Nc3cc(OCCP(=O)(CCS)CCOc4cc5c(cc4OC)C(=O)N4CC(=C)C[C@H]4[C@H](S(=O)(=O)[O-])N5)c(OC)cc3C(=O)N2C1.[Na+].[Na+]. The van der Waals surface area contributed by atoms with Crippen LogP contribution in [0.2, 0.25) is 0 Å². The topological polar surface area (TPSA) is 233 Å².